The second kappa shape index (κ2) is 8.73. The second-order valence-electron chi connectivity index (χ2n) is 9.09. The minimum Gasteiger partial charge on any atom is -0.383 e. The molecule has 0 fully saturated rings. The number of hydrogen-bond donors (Lipinski definition) is 2. The highest BCUT2D eigenvalue weighted by Crippen LogP contribution is 2.40. The third-order valence-corrected chi connectivity index (χ3v) is 7.09. The summed E-state index contributed by atoms with van der Waals surface area (Å²) < 4.78 is 38.3. The molecule has 1 amide bonds. The number of rotatable bonds is 6. The number of aryl methyl sites for hydroxylation is 2. The van der Waals surface area contributed by atoms with Crippen molar-refractivity contribution in [3.05, 3.63) is 52.7 Å². The third-order valence-electron chi connectivity index (χ3n) is 7.09. The first-order chi connectivity index (χ1) is 16.8. The van der Waals surface area contributed by atoms with E-state index in [0.717, 1.165) is 45.3 Å². The number of fused-ring (bicyclic) bond motifs is 4. The number of methoxy groups -OCH3 is 1. The first-order valence-corrected chi connectivity index (χ1v) is 11.8. The summed E-state index contributed by atoms with van der Waals surface area (Å²) in [5, 5.41) is 0.851. The van der Waals surface area contributed by atoms with Gasteiger partial charge in [-0.2, -0.15) is 0 Å². The van der Waals surface area contributed by atoms with E-state index in [-0.39, 0.29) is 18.7 Å². The lowest BCUT2D eigenvalue weighted by atomic mass is 9.92. The number of aromatic nitrogens is 3. The molecule has 7 nitrogen and oxygen atoms in total. The van der Waals surface area contributed by atoms with Gasteiger partial charge in [0.25, 0.3) is 11.8 Å². The number of nitrogens with one attached hydrogen (secondary N) is 1. The summed E-state index contributed by atoms with van der Waals surface area (Å²) in [6.45, 7) is 5.64. The molecule has 1 aliphatic carbocycles. The molecule has 0 aliphatic heterocycles. The van der Waals surface area contributed by atoms with Gasteiger partial charge in [-0.3, -0.25) is 10.2 Å². The lowest BCUT2D eigenvalue weighted by Gasteiger charge is -2.23. The first-order valence-electron chi connectivity index (χ1n) is 11.8. The van der Waals surface area contributed by atoms with Crippen molar-refractivity contribution in [2.24, 2.45) is 5.84 Å². The largest absolute Gasteiger partial charge is 0.383 e. The predicted molar refractivity (Wildman–Crippen MR) is 132 cm³/mol. The summed E-state index contributed by atoms with van der Waals surface area (Å²) in [5.41, 5.74) is 8.45. The molecule has 3 N–H and O–H groups in total. The normalized spacial score (nSPS) is 15.0. The molecule has 1 aliphatic rings. The maximum Gasteiger partial charge on any atom is 0.265 e. The fourth-order valence-electron chi connectivity index (χ4n) is 5.39. The van der Waals surface area contributed by atoms with Crippen LogP contribution in [0, 0.1) is 6.92 Å². The van der Waals surface area contributed by atoms with Crippen molar-refractivity contribution in [1.82, 2.24) is 19.5 Å². The maximum absolute atomic E-state index is 14.4. The molecule has 5 rings (SSSR count). The minimum absolute atomic E-state index is 0.117. The number of alkyl halides is 2. The number of halogens is 2. The van der Waals surface area contributed by atoms with E-state index in [9.17, 15) is 13.6 Å². The zero-order valence-electron chi connectivity index (χ0n) is 20.1. The number of nitrogens with two attached hydrogens (primary N) is 1. The fraction of sp³-hybridized carbons (Fsp3) is 0.385. The summed E-state index contributed by atoms with van der Waals surface area (Å²) in [7, 11) is 1.64. The Labute approximate surface area is 201 Å². The van der Waals surface area contributed by atoms with E-state index in [0.29, 0.717) is 36.5 Å². The van der Waals surface area contributed by atoms with Gasteiger partial charge in [-0.15, -0.1) is 0 Å². The number of imidazole rings is 1. The van der Waals surface area contributed by atoms with Gasteiger partial charge < -0.3 is 13.9 Å². The van der Waals surface area contributed by atoms with Crippen LogP contribution in [0.2, 0.25) is 0 Å². The number of amides is 1. The van der Waals surface area contributed by atoms with Crippen LogP contribution in [-0.4, -0.2) is 39.7 Å². The third kappa shape index (κ3) is 3.79. The number of ether oxygens (including phenoxy) is 1. The Hall–Kier alpha value is -3.30. The lowest BCUT2D eigenvalue weighted by Crippen LogP contribution is -2.30. The van der Waals surface area contributed by atoms with E-state index >= 15 is 0 Å². The van der Waals surface area contributed by atoms with Gasteiger partial charge in [0.2, 0.25) is 0 Å². The fourth-order valence-corrected chi connectivity index (χ4v) is 5.39. The molecule has 184 valence electrons. The summed E-state index contributed by atoms with van der Waals surface area (Å²) in [6.07, 6.45) is 0.0116. The average Bonchev–Trinajstić information content (AvgIpc) is 3.37. The van der Waals surface area contributed by atoms with Crippen molar-refractivity contribution in [2.75, 3.05) is 13.7 Å². The molecule has 35 heavy (non-hydrogen) atoms. The SMILES string of the molecule is CCn1c2c(c3cc(-c4nc5c(C)c(C(=O)NN)ccc5n4CCOC)ccc31)CC(F)(F)CC2. The number of nitrogen functional groups attached to an aromatic ring is 1. The van der Waals surface area contributed by atoms with Crippen LogP contribution in [0.5, 0.6) is 0 Å². The Balaban J connectivity index is 1.73. The van der Waals surface area contributed by atoms with Gasteiger partial charge >= 0.3 is 0 Å². The molecule has 9 heteroatoms. The lowest BCUT2D eigenvalue weighted by molar-refractivity contribution is -0.0125. The zero-order chi connectivity index (χ0) is 24.9. The highest BCUT2D eigenvalue weighted by Gasteiger charge is 2.37. The molecule has 0 radical (unpaired) electrons. The second-order valence-corrected chi connectivity index (χ2v) is 9.09. The Morgan fingerprint density at radius 2 is 2.00 bits per heavy atom. The molecule has 0 atom stereocenters. The van der Waals surface area contributed by atoms with E-state index in [1.807, 2.05) is 38.1 Å². The molecule has 0 bridgehead atoms. The van der Waals surface area contributed by atoms with E-state index in [1.165, 1.54) is 0 Å². The summed E-state index contributed by atoms with van der Waals surface area (Å²) in [4.78, 5) is 17.1. The topological polar surface area (TPSA) is 87.1 Å². The Bertz CT molecular complexity index is 1450. The van der Waals surface area contributed by atoms with Gasteiger partial charge in [-0.05, 0) is 61.7 Å². The molecule has 2 aromatic heterocycles. The number of carbonyl (C=O) groups excluding carboxylic acids is 1. The van der Waals surface area contributed by atoms with Gasteiger partial charge in [-0.1, -0.05) is 0 Å². The summed E-state index contributed by atoms with van der Waals surface area (Å²) >= 11 is 0. The molecule has 4 aromatic rings. The highest BCUT2D eigenvalue weighted by molar-refractivity contribution is 6.00. The quantitative estimate of drug-likeness (QED) is 0.243. The predicted octanol–water partition coefficient (Wildman–Crippen LogP) is 4.36. The standard InChI is InChI=1S/C26H29F2N5O2/c1-4-32-20-7-5-16(13-18(20)19-14-26(27,28)10-9-21(19)32)24-30-23-15(2)17(25(34)31-29)6-8-22(23)33(24)11-12-35-3/h5-8,13H,4,9-12,14,29H2,1-3H3,(H,31,34). The Morgan fingerprint density at radius 1 is 1.23 bits per heavy atom. The van der Waals surface area contributed by atoms with Crippen LogP contribution >= 0.6 is 0 Å². The van der Waals surface area contributed by atoms with Crippen LogP contribution in [0.3, 0.4) is 0 Å². The number of hydrazine groups is 1. The molecule has 0 saturated heterocycles. The van der Waals surface area contributed by atoms with Crippen molar-refractivity contribution in [3.8, 4) is 11.4 Å². The molecular formula is C26H29F2N5O2. The van der Waals surface area contributed by atoms with Gasteiger partial charge in [0, 0.05) is 60.8 Å². The van der Waals surface area contributed by atoms with Crippen molar-refractivity contribution < 1.29 is 18.3 Å². The number of carbonyl (C=O) groups is 1. The minimum atomic E-state index is -2.70. The van der Waals surface area contributed by atoms with Crippen LogP contribution < -0.4 is 11.3 Å². The zero-order valence-corrected chi connectivity index (χ0v) is 20.1. The van der Waals surface area contributed by atoms with Gasteiger partial charge in [0.05, 0.1) is 17.6 Å². The van der Waals surface area contributed by atoms with E-state index in [2.05, 4.69) is 14.6 Å². The summed E-state index contributed by atoms with van der Waals surface area (Å²) in [6, 6.07) is 9.57. The van der Waals surface area contributed by atoms with Crippen LogP contribution in [0.4, 0.5) is 8.78 Å². The van der Waals surface area contributed by atoms with Crippen molar-refractivity contribution in [1.29, 1.82) is 0 Å². The Kier molecular flexibility index (Phi) is 5.85. The van der Waals surface area contributed by atoms with Crippen molar-refractivity contribution in [3.63, 3.8) is 0 Å². The molecule has 2 aromatic carbocycles. The monoisotopic (exact) mass is 481 g/mol. The number of hydrogen-bond acceptors (Lipinski definition) is 4. The molecule has 2 heterocycles. The molecule has 0 saturated carbocycles. The van der Waals surface area contributed by atoms with Gasteiger partial charge in [-0.25, -0.2) is 19.6 Å². The van der Waals surface area contributed by atoms with E-state index < -0.39 is 5.92 Å². The van der Waals surface area contributed by atoms with E-state index in [1.54, 1.807) is 13.2 Å². The van der Waals surface area contributed by atoms with Crippen LogP contribution in [0.25, 0.3) is 33.3 Å². The average molecular weight is 482 g/mol. The molecular weight excluding hydrogens is 452 g/mol. The summed E-state index contributed by atoms with van der Waals surface area (Å²) in [5.74, 6) is 2.98. The van der Waals surface area contributed by atoms with Crippen molar-refractivity contribution in [2.45, 2.75) is 52.1 Å². The molecule has 0 spiro atoms. The highest BCUT2D eigenvalue weighted by atomic mass is 19.3. The molecule has 0 unspecified atom stereocenters. The van der Waals surface area contributed by atoms with Gasteiger partial charge in [0.15, 0.2) is 0 Å². The van der Waals surface area contributed by atoms with Crippen molar-refractivity contribution >= 4 is 27.8 Å². The maximum atomic E-state index is 14.4. The first kappa shape index (κ1) is 23.4. The van der Waals surface area contributed by atoms with Crippen LogP contribution in [-0.2, 0) is 30.7 Å². The van der Waals surface area contributed by atoms with E-state index in [4.69, 9.17) is 15.6 Å². The smallest absolute Gasteiger partial charge is 0.265 e. The van der Waals surface area contributed by atoms with Crippen LogP contribution in [0.1, 0.15) is 40.5 Å². The number of benzene rings is 2. The van der Waals surface area contributed by atoms with Gasteiger partial charge in [0.1, 0.15) is 5.82 Å². The van der Waals surface area contributed by atoms with Crippen LogP contribution in [0.15, 0.2) is 30.3 Å². The Morgan fingerprint density at radius 3 is 2.71 bits per heavy atom. The number of nitrogens with zero attached hydrogens (tertiary/aromatic N) is 3.